The number of hydrogen-bond acceptors (Lipinski definition) is 4. The average molecular weight is 399 g/mol. The van der Waals surface area contributed by atoms with Crippen molar-refractivity contribution in [2.45, 2.75) is 19.0 Å². The molecule has 1 aliphatic heterocycles. The first kappa shape index (κ1) is 19.7. The van der Waals surface area contributed by atoms with Gasteiger partial charge in [0.1, 0.15) is 11.6 Å². The van der Waals surface area contributed by atoms with Crippen LogP contribution in [-0.2, 0) is 6.18 Å². The molecular weight excluding hydrogens is 385 g/mol. The molecule has 148 valence electrons. The predicted octanol–water partition coefficient (Wildman–Crippen LogP) is 4.31. The lowest BCUT2D eigenvalue weighted by atomic mass is 9.97. The lowest BCUT2D eigenvalue weighted by molar-refractivity contribution is -0.137. The van der Waals surface area contributed by atoms with Crippen LogP contribution in [0.2, 0.25) is 0 Å². The van der Waals surface area contributed by atoms with E-state index in [9.17, 15) is 26.7 Å². The van der Waals surface area contributed by atoms with Gasteiger partial charge >= 0.3 is 12.1 Å². The van der Waals surface area contributed by atoms with Gasteiger partial charge in [-0.2, -0.15) is 13.2 Å². The molecule has 5 nitrogen and oxygen atoms in total. The van der Waals surface area contributed by atoms with Crippen LogP contribution >= 0.6 is 0 Å². The highest BCUT2D eigenvalue weighted by Gasteiger charge is 2.35. The zero-order chi connectivity index (χ0) is 20.5. The SMILES string of the molecule is O=C(O)c1ccc(N2CCC(=C(F)c3cc(F)ccc3C(F)(F)F)CC2)nn1. The minimum Gasteiger partial charge on any atom is -0.476 e. The zero-order valence-electron chi connectivity index (χ0n) is 14.3. The van der Waals surface area contributed by atoms with Crippen LogP contribution in [0, 0.1) is 5.82 Å². The Morgan fingerprint density at radius 1 is 1.07 bits per heavy atom. The molecule has 1 aromatic carbocycles. The third-order valence-electron chi connectivity index (χ3n) is 4.39. The molecule has 0 aliphatic carbocycles. The molecule has 0 amide bonds. The number of carbonyl (C=O) groups is 1. The second kappa shape index (κ2) is 7.53. The summed E-state index contributed by atoms with van der Waals surface area (Å²) in [6.07, 6.45) is -4.58. The molecule has 0 spiro atoms. The Kier molecular flexibility index (Phi) is 5.30. The average Bonchev–Trinajstić information content (AvgIpc) is 2.66. The summed E-state index contributed by atoms with van der Waals surface area (Å²) in [4.78, 5) is 12.5. The first-order valence-electron chi connectivity index (χ1n) is 8.23. The first-order valence-corrected chi connectivity index (χ1v) is 8.23. The number of carboxylic acids is 1. The van der Waals surface area contributed by atoms with Gasteiger partial charge < -0.3 is 10.0 Å². The van der Waals surface area contributed by atoms with Crippen LogP contribution in [0.3, 0.4) is 0 Å². The lowest BCUT2D eigenvalue weighted by Crippen LogP contribution is -2.31. The maximum absolute atomic E-state index is 14.8. The summed E-state index contributed by atoms with van der Waals surface area (Å²) in [7, 11) is 0. The van der Waals surface area contributed by atoms with Gasteiger partial charge in [0.05, 0.1) is 5.56 Å². The van der Waals surface area contributed by atoms with E-state index in [-0.39, 0.29) is 37.2 Å². The van der Waals surface area contributed by atoms with Crippen LogP contribution < -0.4 is 4.90 Å². The minimum absolute atomic E-state index is 0.113. The van der Waals surface area contributed by atoms with E-state index in [1.165, 1.54) is 12.1 Å². The Balaban J connectivity index is 1.81. The summed E-state index contributed by atoms with van der Waals surface area (Å²) in [5.41, 5.74) is -2.10. The highest BCUT2D eigenvalue weighted by Crippen LogP contribution is 2.38. The standard InChI is InChI=1S/C18H14F5N3O2/c19-11-1-2-13(18(21,22)23)12(9-11)16(20)10-5-7-26(8-6-10)15-4-3-14(17(27)28)24-25-15/h1-4,9H,5-8H2,(H,27,28). The van der Waals surface area contributed by atoms with E-state index < -0.39 is 34.9 Å². The number of aromatic nitrogens is 2. The van der Waals surface area contributed by atoms with Gasteiger partial charge in [-0.1, -0.05) is 0 Å². The molecule has 2 heterocycles. The third-order valence-corrected chi connectivity index (χ3v) is 4.39. The fourth-order valence-electron chi connectivity index (χ4n) is 2.97. The smallest absolute Gasteiger partial charge is 0.417 e. The molecule has 0 atom stereocenters. The Bertz CT molecular complexity index is 916. The summed E-state index contributed by atoms with van der Waals surface area (Å²) in [6, 6.07) is 4.45. The number of rotatable bonds is 3. The van der Waals surface area contributed by atoms with Gasteiger partial charge in [-0.15, -0.1) is 10.2 Å². The van der Waals surface area contributed by atoms with Crippen LogP contribution in [0.15, 0.2) is 35.9 Å². The molecule has 1 N–H and O–H groups in total. The molecule has 2 aromatic rings. The van der Waals surface area contributed by atoms with Gasteiger partial charge in [-0.25, -0.2) is 13.6 Å². The van der Waals surface area contributed by atoms with Crippen molar-refractivity contribution >= 4 is 17.6 Å². The molecule has 0 radical (unpaired) electrons. The topological polar surface area (TPSA) is 66.3 Å². The van der Waals surface area contributed by atoms with Crippen LogP contribution in [0.1, 0.15) is 34.5 Å². The molecule has 3 rings (SSSR count). The van der Waals surface area contributed by atoms with Crippen molar-refractivity contribution in [2.24, 2.45) is 0 Å². The number of nitrogens with zero attached hydrogens (tertiary/aromatic N) is 3. The number of piperidine rings is 1. The summed E-state index contributed by atoms with van der Waals surface area (Å²) in [5.74, 6) is -2.87. The molecule has 28 heavy (non-hydrogen) atoms. The van der Waals surface area contributed by atoms with Crippen LogP contribution in [0.5, 0.6) is 0 Å². The fourth-order valence-corrected chi connectivity index (χ4v) is 2.97. The van der Waals surface area contributed by atoms with Crippen molar-refractivity contribution in [3.8, 4) is 0 Å². The number of benzene rings is 1. The van der Waals surface area contributed by atoms with Crippen molar-refractivity contribution < 1.29 is 31.9 Å². The van der Waals surface area contributed by atoms with E-state index in [1.54, 1.807) is 4.90 Å². The molecule has 1 fully saturated rings. The van der Waals surface area contributed by atoms with E-state index in [1.807, 2.05) is 0 Å². The summed E-state index contributed by atoms with van der Waals surface area (Å²) >= 11 is 0. The minimum atomic E-state index is -4.80. The molecular formula is C18H14F5N3O2. The van der Waals surface area contributed by atoms with Crippen molar-refractivity contribution in [2.75, 3.05) is 18.0 Å². The third kappa shape index (κ3) is 4.10. The fraction of sp³-hybridized carbons (Fsp3) is 0.278. The van der Waals surface area contributed by atoms with Gasteiger partial charge in [0.25, 0.3) is 0 Å². The number of alkyl halides is 3. The number of hydrogen-bond donors (Lipinski definition) is 1. The van der Waals surface area contributed by atoms with Crippen molar-refractivity contribution in [1.82, 2.24) is 10.2 Å². The molecule has 1 saturated heterocycles. The second-order valence-electron chi connectivity index (χ2n) is 6.17. The quantitative estimate of drug-likeness (QED) is 0.779. The molecule has 0 unspecified atom stereocenters. The van der Waals surface area contributed by atoms with E-state index in [0.717, 1.165) is 0 Å². The maximum Gasteiger partial charge on any atom is 0.417 e. The van der Waals surface area contributed by atoms with E-state index >= 15 is 0 Å². The Morgan fingerprint density at radius 3 is 2.29 bits per heavy atom. The first-order chi connectivity index (χ1) is 13.2. The van der Waals surface area contributed by atoms with Gasteiger partial charge in [-0.3, -0.25) is 0 Å². The largest absolute Gasteiger partial charge is 0.476 e. The zero-order valence-corrected chi connectivity index (χ0v) is 14.3. The van der Waals surface area contributed by atoms with E-state index in [0.29, 0.717) is 24.0 Å². The van der Waals surface area contributed by atoms with E-state index in [4.69, 9.17) is 5.11 Å². The van der Waals surface area contributed by atoms with Crippen molar-refractivity contribution in [1.29, 1.82) is 0 Å². The highest BCUT2D eigenvalue weighted by molar-refractivity contribution is 5.85. The number of anilines is 1. The molecule has 0 bridgehead atoms. The summed E-state index contributed by atoms with van der Waals surface area (Å²) in [5, 5.41) is 16.2. The lowest BCUT2D eigenvalue weighted by Gasteiger charge is -2.29. The monoisotopic (exact) mass is 399 g/mol. The van der Waals surface area contributed by atoms with Crippen LogP contribution in [0.25, 0.3) is 5.83 Å². The van der Waals surface area contributed by atoms with Gasteiger partial charge in [0.2, 0.25) is 0 Å². The van der Waals surface area contributed by atoms with Crippen LogP contribution in [0.4, 0.5) is 27.8 Å². The second-order valence-corrected chi connectivity index (χ2v) is 6.17. The Labute approximate surface area is 156 Å². The summed E-state index contributed by atoms with van der Waals surface area (Å²) < 4.78 is 67.5. The maximum atomic E-state index is 14.8. The van der Waals surface area contributed by atoms with Gasteiger partial charge in [-0.05, 0) is 48.7 Å². The Hall–Kier alpha value is -3.04. The molecule has 10 heteroatoms. The number of halogens is 5. The van der Waals surface area contributed by atoms with E-state index in [2.05, 4.69) is 10.2 Å². The van der Waals surface area contributed by atoms with Crippen LogP contribution in [-0.4, -0.2) is 34.4 Å². The number of carboxylic acid groups (broad SMARTS) is 1. The highest BCUT2D eigenvalue weighted by atomic mass is 19.4. The van der Waals surface area contributed by atoms with Gasteiger partial charge in [0, 0.05) is 18.7 Å². The normalized spacial score (nSPS) is 14.9. The molecule has 1 aliphatic rings. The summed E-state index contributed by atoms with van der Waals surface area (Å²) in [6.45, 7) is 0.501. The van der Waals surface area contributed by atoms with Crippen molar-refractivity contribution in [3.05, 3.63) is 58.5 Å². The predicted molar refractivity (Wildman–Crippen MR) is 89.9 cm³/mol. The van der Waals surface area contributed by atoms with Crippen molar-refractivity contribution in [3.63, 3.8) is 0 Å². The number of aromatic carboxylic acids is 1. The van der Waals surface area contributed by atoms with Gasteiger partial charge in [0.15, 0.2) is 11.5 Å². The molecule has 0 saturated carbocycles. The Morgan fingerprint density at radius 2 is 1.75 bits per heavy atom. The molecule has 1 aromatic heterocycles.